The second-order valence-electron chi connectivity index (χ2n) is 4.56. The highest BCUT2D eigenvalue weighted by Crippen LogP contribution is 2.34. The van der Waals surface area contributed by atoms with Gasteiger partial charge in [-0.3, -0.25) is 10.1 Å². The summed E-state index contributed by atoms with van der Waals surface area (Å²) in [6, 6.07) is 0. The molecule has 1 saturated heterocycles. The van der Waals surface area contributed by atoms with Crippen molar-refractivity contribution in [1.29, 1.82) is 0 Å². The van der Waals surface area contributed by atoms with Crippen LogP contribution in [0.4, 0.5) is 11.5 Å². The molecule has 2 heterocycles. The third-order valence-corrected chi connectivity index (χ3v) is 3.09. The molecule has 1 aliphatic heterocycles. The molecule has 0 saturated carbocycles. The van der Waals surface area contributed by atoms with Crippen LogP contribution in [0.2, 0.25) is 5.15 Å². The van der Waals surface area contributed by atoms with Gasteiger partial charge in [0.15, 0.2) is 5.82 Å². The van der Waals surface area contributed by atoms with Crippen LogP contribution in [0.15, 0.2) is 0 Å². The summed E-state index contributed by atoms with van der Waals surface area (Å²) in [5, 5.41) is 22.8. The summed E-state index contributed by atoms with van der Waals surface area (Å²) < 4.78 is 5.44. The Kier molecular flexibility index (Phi) is 4.69. The number of aliphatic hydroxyl groups excluding tert-OH is 1. The molecule has 20 heavy (non-hydrogen) atoms. The highest BCUT2D eigenvalue weighted by atomic mass is 35.5. The Labute approximate surface area is 120 Å². The van der Waals surface area contributed by atoms with Crippen LogP contribution in [0.25, 0.3) is 0 Å². The van der Waals surface area contributed by atoms with Gasteiger partial charge in [0.25, 0.3) is 0 Å². The molecule has 0 aliphatic carbocycles. The third-order valence-electron chi connectivity index (χ3n) is 2.82. The van der Waals surface area contributed by atoms with Crippen LogP contribution < -0.4 is 5.32 Å². The van der Waals surface area contributed by atoms with Gasteiger partial charge in [-0.15, -0.1) is 0 Å². The summed E-state index contributed by atoms with van der Waals surface area (Å²) in [4.78, 5) is 18.5. The number of nitrogens with one attached hydrogen (secondary N) is 1. The number of halogens is 1. The van der Waals surface area contributed by atoms with Gasteiger partial charge in [-0.1, -0.05) is 11.6 Å². The Bertz CT molecular complexity index is 505. The first-order valence-electron chi connectivity index (χ1n) is 6.24. The van der Waals surface area contributed by atoms with E-state index in [0.29, 0.717) is 12.4 Å². The fraction of sp³-hybridized carbons (Fsp3) is 0.636. The maximum Gasteiger partial charge on any atom is 0.348 e. The second kappa shape index (κ2) is 6.29. The van der Waals surface area contributed by atoms with Crippen molar-refractivity contribution in [3.63, 3.8) is 0 Å². The maximum absolute atomic E-state index is 11.0. The molecule has 0 radical (unpaired) electrons. The van der Waals surface area contributed by atoms with E-state index < -0.39 is 16.7 Å². The number of aliphatic hydroxyl groups is 1. The summed E-state index contributed by atoms with van der Waals surface area (Å²) in [5.74, 6) is 0.326. The number of hydrogen-bond donors (Lipinski definition) is 2. The molecule has 1 aromatic heterocycles. The topological polar surface area (TPSA) is 110 Å². The van der Waals surface area contributed by atoms with Crippen LogP contribution in [-0.2, 0) is 4.74 Å². The fourth-order valence-corrected chi connectivity index (χ4v) is 2.14. The molecule has 9 heteroatoms. The van der Waals surface area contributed by atoms with E-state index in [1.54, 1.807) is 6.92 Å². The summed E-state index contributed by atoms with van der Waals surface area (Å²) in [7, 11) is 0. The van der Waals surface area contributed by atoms with Crippen molar-refractivity contribution in [3.05, 3.63) is 21.1 Å². The molecule has 2 atom stereocenters. The van der Waals surface area contributed by atoms with E-state index in [1.165, 1.54) is 0 Å². The average Bonchev–Trinajstić information content (AvgIpc) is 2.88. The fourth-order valence-electron chi connectivity index (χ4n) is 1.90. The van der Waals surface area contributed by atoms with E-state index in [2.05, 4.69) is 15.3 Å². The zero-order valence-corrected chi connectivity index (χ0v) is 11.6. The Morgan fingerprint density at radius 1 is 1.65 bits per heavy atom. The Morgan fingerprint density at radius 3 is 2.95 bits per heavy atom. The number of nitrogens with zero attached hydrogens (tertiary/aromatic N) is 3. The Morgan fingerprint density at radius 2 is 2.40 bits per heavy atom. The van der Waals surface area contributed by atoms with E-state index in [0.717, 1.165) is 12.8 Å². The van der Waals surface area contributed by atoms with Gasteiger partial charge in [-0.2, -0.15) is 0 Å². The van der Waals surface area contributed by atoms with Crippen LogP contribution in [0.1, 0.15) is 31.7 Å². The molecular formula is C11H15ClN4O4. The zero-order valence-electron chi connectivity index (χ0n) is 10.9. The molecule has 110 valence electrons. The zero-order chi connectivity index (χ0) is 14.7. The van der Waals surface area contributed by atoms with E-state index in [4.69, 9.17) is 16.3 Å². The molecule has 0 aromatic carbocycles. The Hall–Kier alpha value is -1.51. The van der Waals surface area contributed by atoms with Crippen molar-refractivity contribution in [2.24, 2.45) is 0 Å². The van der Waals surface area contributed by atoms with Crippen LogP contribution in [0, 0.1) is 10.1 Å². The minimum Gasteiger partial charge on any atom is -0.392 e. The van der Waals surface area contributed by atoms with Gasteiger partial charge >= 0.3 is 5.69 Å². The van der Waals surface area contributed by atoms with Crippen LogP contribution >= 0.6 is 11.6 Å². The number of hydrogen-bond acceptors (Lipinski definition) is 7. The van der Waals surface area contributed by atoms with Crippen LogP contribution in [0.3, 0.4) is 0 Å². The molecule has 2 unspecified atom stereocenters. The summed E-state index contributed by atoms with van der Waals surface area (Å²) in [5.41, 5.74) is -0.394. The monoisotopic (exact) mass is 302 g/mol. The van der Waals surface area contributed by atoms with Crippen LogP contribution in [-0.4, -0.2) is 39.3 Å². The highest BCUT2D eigenvalue weighted by Gasteiger charge is 2.28. The molecule has 1 aromatic rings. The first-order valence-corrected chi connectivity index (χ1v) is 6.62. The first-order chi connectivity index (χ1) is 9.49. The van der Waals surface area contributed by atoms with Gasteiger partial charge in [-0.05, 0) is 19.8 Å². The van der Waals surface area contributed by atoms with Gasteiger partial charge in [0.05, 0.1) is 11.0 Å². The standard InChI is InChI=1S/C11H15ClN4O4/c1-6(17)5-13-11-8(16(18)19)9(12)14-10(15-11)7-3-2-4-20-7/h6-7,17H,2-5H2,1H3,(H,13,14,15). The molecule has 0 bridgehead atoms. The van der Waals surface area contributed by atoms with E-state index in [-0.39, 0.29) is 23.6 Å². The molecule has 8 nitrogen and oxygen atoms in total. The largest absolute Gasteiger partial charge is 0.392 e. The van der Waals surface area contributed by atoms with E-state index >= 15 is 0 Å². The number of aromatic nitrogens is 2. The maximum atomic E-state index is 11.0. The van der Waals surface area contributed by atoms with Crippen molar-refractivity contribution < 1.29 is 14.8 Å². The first kappa shape index (κ1) is 14.9. The lowest BCUT2D eigenvalue weighted by Crippen LogP contribution is -2.18. The lowest BCUT2D eigenvalue weighted by molar-refractivity contribution is -0.384. The number of rotatable bonds is 5. The number of anilines is 1. The summed E-state index contributed by atoms with van der Waals surface area (Å²) >= 11 is 5.87. The van der Waals surface area contributed by atoms with Gasteiger partial charge < -0.3 is 15.2 Å². The van der Waals surface area contributed by atoms with E-state index in [9.17, 15) is 15.2 Å². The van der Waals surface area contributed by atoms with Crippen molar-refractivity contribution in [1.82, 2.24) is 9.97 Å². The SMILES string of the molecule is CC(O)CNc1nc(C2CCCO2)nc(Cl)c1[N+](=O)[O-]. The molecular weight excluding hydrogens is 288 g/mol. The summed E-state index contributed by atoms with van der Waals surface area (Å²) in [6.45, 7) is 2.29. The minimum absolute atomic E-state index is 0.00130. The van der Waals surface area contributed by atoms with Gasteiger partial charge in [0.2, 0.25) is 11.0 Å². The van der Waals surface area contributed by atoms with Crippen molar-refractivity contribution >= 4 is 23.1 Å². The molecule has 0 amide bonds. The highest BCUT2D eigenvalue weighted by molar-refractivity contribution is 6.31. The quantitative estimate of drug-likeness (QED) is 0.483. The van der Waals surface area contributed by atoms with Crippen molar-refractivity contribution in [3.8, 4) is 0 Å². The Balaban J connectivity index is 2.35. The van der Waals surface area contributed by atoms with Crippen LogP contribution in [0.5, 0.6) is 0 Å². The molecule has 2 N–H and O–H groups in total. The second-order valence-corrected chi connectivity index (χ2v) is 4.92. The smallest absolute Gasteiger partial charge is 0.348 e. The number of nitro groups is 1. The minimum atomic E-state index is -0.672. The van der Waals surface area contributed by atoms with Crippen molar-refractivity contribution in [2.75, 3.05) is 18.5 Å². The predicted octanol–water partition coefficient (Wildman–Crippen LogP) is 1.68. The predicted molar refractivity (Wildman–Crippen MR) is 71.8 cm³/mol. The lowest BCUT2D eigenvalue weighted by Gasteiger charge is -2.12. The van der Waals surface area contributed by atoms with E-state index in [1.807, 2.05) is 0 Å². The van der Waals surface area contributed by atoms with Gasteiger partial charge in [0, 0.05) is 13.2 Å². The average molecular weight is 303 g/mol. The van der Waals surface area contributed by atoms with Crippen molar-refractivity contribution in [2.45, 2.75) is 32.0 Å². The number of ether oxygens (including phenoxy) is 1. The normalized spacial score (nSPS) is 19.9. The molecule has 2 rings (SSSR count). The lowest BCUT2D eigenvalue weighted by atomic mass is 10.2. The van der Waals surface area contributed by atoms with Gasteiger partial charge in [0.1, 0.15) is 6.10 Å². The molecule has 0 spiro atoms. The third kappa shape index (κ3) is 3.33. The van der Waals surface area contributed by atoms with Gasteiger partial charge in [-0.25, -0.2) is 9.97 Å². The molecule has 1 aliphatic rings. The molecule has 1 fully saturated rings. The summed E-state index contributed by atoms with van der Waals surface area (Å²) in [6.07, 6.45) is 0.679.